The highest BCUT2D eigenvalue weighted by atomic mass is 31.2. The van der Waals surface area contributed by atoms with Crippen molar-refractivity contribution in [3.63, 3.8) is 0 Å². The van der Waals surface area contributed by atoms with Gasteiger partial charge in [0, 0.05) is 0 Å². The first-order valence-corrected chi connectivity index (χ1v) is 6.30. The van der Waals surface area contributed by atoms with Gasteiger partial charge in [-0.3, -0.25) is 14.6 Å². The number of nitrogens with one attached hydrogen (secondary N) is 1. The molecule has 0 saturated carbocycles. The summed E-state index contributed by atoms with van der Waals surface area (Å²) in [6, 6.07) is -2.04. The first-order chi connectivity index (χ1) is 8.64. The van der Waals surface area contributed by atoms with Crippen LogP contribution < -0.4 is 5.32 Å². The van der Waals surface area contributed by atoms with Crippen LogP contribution in [-0.4, -0.2) is 73.6 Å². The molecule has 0 saturated heterocycles. The zero-order valence-electron chi connectivity index (χ0n) is 9.36. The molecule has 0 aromatic rings. The van der Waals surface area contributed by atoms with E-state index in [-0.39, 0.29) is 6.41 Å². The smallest absolute Gasteiger partial charge is 0.394 e. The lowest BCUT2D eigenvalue weighted by Crippen LogP contribution is -2.54. The maximum absolute atomic E-state index is 11.3. The summed E-state index contributed by atoms with van der Waals surface area (Å²) in [5.41, 5.74) is 0. The van der Waals surface area contributed by atoms with Crippen molar-refractivity contribution in [1.29, 1.82) is 0 Å². The lowest BCUT2D eigenvalue weighted by molar-refractivity contribution is -0.148. The second-order valence-electron chi connectivity index (χ2n) is 3.39. The highest BCUT2D eigenvalue weighted by Crippen LogP contribution is 2.36. The first kappa shape index (κ1) is 17.9. The van der Waals surface area contributed by atoms with E-state index in [2.05, 4.69) is 4.52 Å². The molecule has 0 aliphatic rings. The van der Waals surface area contributed by atoms with E-state index in [0.717, 1.165) is 0 Å². The van der Waals surface area contributed by atoms with E-state index < -0.39 is 44.8 Å². The molecule has 7 N–H and O–H groups in total. The topological polar surface area (TPSA) is 194 Å². The Morgan fingerprint density at radius 2 is 1.79 bits per heavy atom. The van der Waals surface area contributed by atoms with E-state index in [4.69, 9.17) is 20.0 Å². The summed E-state index contributed by atoms with van der Waals surface area (Å²) >= 11 is 0. The molecular weight excluding hydrogens is 289 g/mol. The Labute approximate surface area is 106 Å². The van der Waals surface area contributed by atoms with Crippen molar-refractivity contribution in [2.75, 3.05) is 6.61 Å². The number of hydrogen-bond acceptors (Lipinski definition) is 8. The fourth-order valence-electron chi connectivity index (χ4n) is 1.09. The molecule has 0 aromatic carbocycles. The predicted molar refractivity (Wildman–Crippen MR) is 56.2 cm³/mol. The summed E-state index contributed by atoms with van der Waals surface area (Å²) in [5.74, 6) is -1.72. The maximum atomic E-state index is 11.3. The van der Waals surface area contributed by atoms with Gasteiger partial charge in [-0.15, -0.1) is 0 Å². The van der Waals surface area contributed by atoms with Crippen LogP contribution in [0.1, 0.15) is 0 Å². The second kappa shape index (κ2) is 7.50. The van der Waals surface area contributed by atoms with Crippen molar-refractivity contribution in [3.05, 3.63) is 0 Å². The van der Waals surface area contributed by atoms with Crippen LogP contribution in [0.3, 0.4) is 0 Å². The van der Waals surface area contributed by atoms with Gasteiger partial charge < -0.3 is 30.3 Å². The number of carbonyl (C=O) groups excluding carboxylic acids is 2. The van der Waals surface area contributed by atoms with E-state index in [0.29, 0.717) is 0 Å². The van der Waals surface area contributed by atoms with Crippen LogP contribution in [0.25, 0.3) is 0 Å². The van der Waals surface area contributed by atoms with E-state index in [1.165, 1.54) is 0 Å². The number of phosphoric acid groups is 1. The summed E-state index contributed by atoms with van der Waals surface area (Å²) in [6.07, 6.45) is -6.15. The molecule has 12 heteroatoms. The van der Waals surface area contributed by atoms with Gasteiger partial charge in [0.15, 0.2) is 6.04 Å². The SMILES string of the molecule is O=CN[C@@H](C(=O)OP(=O)(O)O)[C@@H](O)[C@H](O)[C@H](O)CO. The molecule has 4 atom stereocenters. The monoisotopic (exact) mass is 303 g/mol. The van der Waals surface area contributed by atoms with Crippen LogP contribution in [0.2, 0.25) is 0 Å². The fraction of sp³-hybridized carbons (Fsp3) is 0.714. The van der Waals surface area contributed by atoms with Crippen LogP contribution in [0.4, 0.5) is 0 Å². The molecule has 112 valence electrons. The van der Waals surface area contributed by atoms with Crippen LogP contribution in [-0.2, 0) is 18.7 Å². The third-order valence-corrected chi connectivity index (χ3v) is 2.40. The highest BCUT2D eigenvalue weighted by molar-refractivity contribution is 7.46. The largest absolute Gasteiger partial charge is 0.527 e. The first-order valence-electron chi connectivity index (χ1n) is 4.77. The molecule has 0 aliphatic carbocycles. The maximum Gasteiger partial charge on any atom is 0.527 e. The van der Waals surface area contributed by atoms with Crippen molar-refractivity contribution in [3.8, 4) is 0 Å². The lowest BCUT2D eigenvalue weighted by atomic mass is 10.0. The van der Waals surface area contributed by atoms with Crippen molar-refractivity contribution in [2.45, 2.75) is 24.4 Å². The van der Waals surface area contributed by atoms with Gasteiger partial charge >= 0.3 is 13.8 Å². The van der Waals surface area contributed by atoms with E-state index in [1.54, 1.807) is 5.32 Å². The zero-order chi connectivity index (χ0) is 15.2. The summed E-state index contributed by atoms with van der Waals surface area (Å²) < 4.78 is 14.1. The molecule has 0 aromatic heterocycles. The van der Waals surface area contributed by atoms with E-state index in [1.807, 2.05) is 0 Å². The van der Waals surface area contributed by atoms with Gasteiger partial charge in [0.2, 0.25) is 6.41 Å². The van der Waals surface area contributed by atoms with Gasteiger partial charge in [-0.25, -0.2) is 9.36 Å². The molecule has 0 rings (SSSR count). The zero-order valence-corrected chi connectivity index (χ0v) is 10.3. The Kier molecular flexibility index (Phi) is 7.08. The van der Waals surface area contributed by atoms with Crippen LogP contribution in [0.15, 0.2) is 0 Å². The van der Waals surface area contributed by atoms with Gasteiger partial charge in [0.05, 0.1) is 6.61 Å². The third kappa shape index (κ3) is 6.07. The van der Waals surface area contributed by atoms with Crippen LogP contribution in [0.5, 0.6) is 0 Å². The Bertz CT molecular complexity index is 356. The van der Waals surface area contributed by atoms with Crippen molar-refractivity contribution < 1.29 is 48.9 Å². The molecule has 0 fully saturated rings. The van der Waals surface area contributed by atoms with Gasteiger partial charge in [-0.2, -0.15) is 0 Å². The van der Waals surface area contributed by atoms with Crippen molar-refractivity contribution in [2.24, 2.45) is 0 Å². The van der Waals surface area contributed by atoms with Gasteiger partial charge in [0.25, 0.3) is 0 Å². The Morgan fingerprint density at radius 3 is 2.16 bits per heavy atom. The minimum Gasteiger partial charge on any atom is -0.394 e. The summed E-state index contributed by atoms with van der Waals surface area (Å²) in [4.78, 5) is 38.3. The average Bonchev–Trinajstić information content (AvgIpc) is 2.30. The minimum atomic E-state index is -5.21. The van der Waals surface area contributed by atoms with Crippen LogP contribution >= 0.6 is 7.82 Å². The van der Waals surface area contributed by atoms with Crippen LogP contribution in [0, 0.1) is 0 Å². The number of amides is 1. The molecule has 11 nitrogen and oxygen atoms in total. The Balaban J connectivity index is 4.94. The van der Waals surface area contributed by atoms with Crippen molar-refractivity contribution in [1.82, 2.24) is 5.32 Å². The molecular formula is C7H14NO10P. The highest BCUT2D eigenvalue weighted by Gasteiger charge is 2.38. The van der Waals surface area contributed by atoms with Crippen molar-refractivity contribution >= 4 is 20.2 Å². The number of phosphoric ester groups is 1. The minimum absolute atomic E-state index is 0.0904. The molecule has 0 heterocycles. The van der Waals surface area contributed by atoms with Gasteiger partial charge in [-0.05, 0) is 0 Å². The van der Waals surface area contributed by atoms with E-state index in [9.17, 15) is 24.4 Å². The second-order valence-corrected chi connectivity index (χ2v) is 4.56. The number of rotatable bonds is 8. The number of carbonyl (C=O) groups is 2. The van der Waals surface area contributed by atoms with Gasteiger partial charge in [0.1, 0.15) is 18.3 Å². The number of aliphatic hydroxyl groups is 4. The molecule has 0 spiro atoms. The molecule has 0 radical (unpaired) electrons. The molecule has 0 unspecified atom stereocenters. The van der Waals surface area contributed by atoms with Gasteiger partial charge in [-0.1, -0.05) is 0 Å². The normalized spacial score (nSPS) is 18.0. The summed E-state index contributed by atoms with van der Waals surface area (Å²) in [5, 5.41) is 38.0. The lowest BCUT2D eigenvalue weighted by Gasteiger charge is -2.26. The number of hydrogen-bond donors (Lipinski definition) is 7. The molecule has 19 heavy (non-hydrogen) atoms. The fourth-order valence-corrected chi connectivity index (χ4v) is 1.43. The third-order valence-electron chi connectivity index (χ3n) is 1.98. The quantitative estimate of drug-likeness (QED) is 0.171. The molecule has 1 amide bonds. The Hall–Kier alpha value is -1.07. The summed E-state index contributed by atoms with van der Waals surface area (Å²) in [7, 11) is -5.21. The predicted octanol–water partition coefficient (Wildman–Crippen LogP) is -4.19. The van der Waals surface area contributed by atoms with E-state index >= 15 is 0 Å². The number of aliphatic hydroxyl groups excluding tert-OH is 4. The molecule has 0 bridgehead atoms. The standard InChI is InChI=1S/C7H14NO10P/c9-1-3(11)5(12)6(13)4(8-2-10)7(14)18-19(15,16)17/h2-6,9,11-13H,1H2,(H,8,10)(H2,15,16,17)/t3-,4-,5-,6-/m1/s1. The Morgan fingerprint density at radius 1 is 1.26 bits per heavy atom. The summed E-state index contributed by atoms with van der Waals surface area (Å²) in [6.45, 7) is -0.959. The molecule has 0 aliphatic heterocycles. The average molecular weight is 303 g/mol.